The zero-order valence-corrected chi connectivity index (χ0v) is 18.8. The summed E-state index contributed by atoms with van der Waals surface area (Å²) in [5.41, 5.74) is 19.7. The maximum atomic E-state index is 6.01. The number of hydrogen-bond acceptors (Lipinski definition) is 4. The van der Waals surface area contributed by atoms with Gasteiger partial charge in [0.05, 0.1) is 11.4 Å². The average molecular weight is 443 g/mol. The zero-order chi connectivity index (χ0) is 23.3. The first kappa shape index (κ1) is 21.2. The van der Waals surface area contributed by atoms with Crippen molar-refractivity contribution < 1.29 is 0 Å². The summed E-state index contributed by atoms with van der Waals surface area (Å²) in [5.74, 6) is 0. The lowest BCUT2D eigenvalue weighted by atomic mass is 10.1. The highest BCUT2D eigenvalue weighted by molar-refractivity contribution is 5.91. The Morgan fingerprint density at radius 3 is 0.971 bits per heavy atom. The van der Waals surface area contributed by atoms with Crippen molar-refractivity contribution in [3.8, 4) is 0 Å². The summed E-state index contributed by atoms with van der Waals surface area (Å²) >= 11 is 0. The van der Waals surface area contributed by atoms with Crippen LogP contribution in [0, 0.1) is 0 Å². The van der Waals surface area contributed by atoms with E-state index in [2.05, 4.69) is 82.6 Å². The molecule has 5 rings (SSSR count). The molecular weight excluding hydrogens is 416 g/mol. The first-order valence-corrected chi connectivity index (χ1v) is 11.2. The first-order chi connectivity index (χ1) is 16.7. The molecule has 4 heteroatoms. The van der Waals surface area contributed by atoms with Gasteiger partial charge < -0.3 is 21.3 Å². The van der Waals surface area contributed by atoms with E-state index in [0.717, 1.165) is 45.5 Å². The number of para-hydroxylation sites is 4. The van der Waals surface area contributed by atoms with Crippen molar-refractivity contribution >= 4 is 45.5 Å². The van der Waals surface area contributed by atoms with E-state index in [1.165, 1.54) is 0 Å². The fourth-order valence-electron chi connectivity index (χ4n) is 4.10. The lowest BCUT2D eigenvalue weighted by Gasteiger charge is -2.33. The van der Waals surface area contributed by atoms with Gasteiger partial charge in [-0.25, -0.2) is 0 Å². The lowest BCUT2D eigenvalue weighted by molar-refractivity contribution is 1.23. The number of nitrogen functional groups attached to an aromatic ring is 2. The summed E-state index contributed by atoms with van der Waals surface area (Å²) in [6, 6.07) is 45.1. The summed E-state index contributed by atoms with van der Waals surface area (Å²) in [6.45, 7) is 0. The highest BCUT2D eigenvalue weighted by atomic mass is 15.2. The van der Waals surface area contributed by atoms with Gasteiger partial charge in [-0.2, -0.15) is 0 Å². The maximum Gasteiger partial charge on any atom is 0.0702 e. The number of anilines is 8. The molecule has 0 amide bonds. The van der Waals surface area contributed by atoms with Gasteiger partial charge in [-0.15, -0.1) is 0 Å². The van der Waals surface area contributed by atoms with Crippen LogP contribution in [-0.4, -0.2) is 0 Å². The molecule has 0 aromatic heterocycles. The van der Waals surface area contributed by atoms with E-state index < -0.39 is 0 Å². The van der Waals surface area contributed by atoms with Crippen molar-refractivity contribution in [2.24, 2.45) is 0 Å². The molecule has 4 N–H and O–H groups in total. The summed E-state index contributed by atoms with van der Waals surface area (Å²) in [4.78, 5) is 4.50. The fourth-order valence-corrected chi connectivity index (χ4v) is 4.10. The smallest absolute Gasteiger partial charge is 0.0702 e. The van der Waals surface area contributed by atoms with E-state index in [1.54, 1.807) is 0 Å². The van der Waals surface area contributed by atoms with Crippen molar-refractivity contribution in [1.82, 2.24) is 0 Å². The highest BCUT2D eigenvalue weighted by Crippen LogP contribution is 2.45. The normalized spacial score (nSPS) is 10.6. The van der Waals surface area contributed by atoms with E-state index in [-0.39, 0.29) is 0 Å². The number of hydrogen-bond donors (Lipinski definition) is 2. The molecule has 0 spiro atoms. The summed E-state index contributed by atoms with van der Waals surface area (Å²) in [6.07, 6.45) is 0. The van der Waals surface area contributed by atoms with Crippen LogP contribution in [0.4, 0.5) is 45.5 Å². The Balaban J connectivity index is 1.74. The Hall–Kier alpha value is -4.70. The Morgan fingerprint density at radius 2 is 0.618 bits per heavy atom. The summed E-state index contributed by atoms with van der Waals surface area (Å²) in [5, 5.41) is 0. The second-order valence-electron chi connectivity index (χ2n) is 8.01. The van der Waals surface area contributed by atoms with Crippen LogP contribution in [0.3, 0.4) is 0 Å². The van der Waals surface area contributed by atoms with Gasteiger partial charge in [0.2, 0.25) is 0 Å². The van der Waals surface area contributed by atoms with Crippen molar-refractivity contribution in [1.29, 1.82) is 0 Å². The molecule has 0 radical (unpaired) electrons. The van der Waals surface area contributed by atoms with Crippen molar-refractivity contribution in [3.63, 3.8) is 0 Å². The molecule has 0 aliphatic rings. The van der Waals surface area contributed by atoms with Crippen LogP contribution in [-0.2, 0) is 0 Å². The van der Waals surface area contributed by atoms with Crippen LogP contribution in [0.15, 0.2) is 133 Å². The molecule has 0 saturated heterocycles. The monoisotopic (exact) mass is 442 g/mol. The Morgan fingerprint density at radius 1 is 0.324 bits per heavy atom. The van der Waals surface area contributed by atoms with Gasteiger partial charge in [-0.1, -0.05) is 48.5 Å². The lowest BCUT2D eigenvalue weighted by Crippen LogP contribution is -2.16. The summed E-state index contributed by atoms with van der Waals surface area (Å²) in [7, 11) is 0. The standard InChI is InChI=1S/C30H26N4/c31-23-15-19-27(20-16-23)34(28-21-17-24(32)18-22-28)30-14-8-7-13-29(30)33(25-9-3-1-4-10-25)26-11-5-2-6-12-26/h1-22H,31-32H2. The van der Waals surface area contributed by atoms with Gasteiger partial charge in [-0.05, 0) is 84.9 Å². The van der Waals surface area contributed by atoms with Gasteiger partial charge in [0.1, 0.15) is 0 Å². The maximum absolute atomic E-state index is 6.01. The molecule has 0 bridgehead atoms. The molecule has 0 saturated carbocycles. The predicted octanol–water partition coefficient (Wildman–Crippen LogP) is 7.79. The van der Waals surface area contributed by atoms with Crippen LogP contribution < -0.4 is 21.3 Å². The van der Waals surface area contributed by atoms with Crippen molar-refractivity contribution in [2.45, 2.75) is 0 Å². The zero-order valence-electron chi connectivity index (χ0n) is 18.8. The van der Waals surface area contributed by atoms with Gasteiger partial charge in [-0.3, -0.25) is 0 Å². The third-order valence-electron chi connectivity index (χ3n) is 5.69. The SMILES string of the molecule is Nc1ccc(N(c2ccc(N)cc2)c2ccccc2N(c2ccccc2)c2ccccc2)cc1. The minimum atomic E-state index is 0.726. The van der Waals surface area contributed by atoms with Crippen LogP contribution in [0.25, 0.3) is 0 Å². The quantitative estimate of drug-likeness (QED) is 0.264. The van der Waals surface area contributed by atoms with Crippen LogP contribution >= 0.6 is 0 Å². The predicted molar refractivity (Wildman–Crippen MR) is 145 cm³/mol. The molecule has 0 fully saturated rings. The topological polar surface area (TPSA) is 58.5 Å². The number of rotatable bonds is 6. The molecule has 0 unspecified atom stereocenters. The van der Waals surface area contributed by atoms with E-state index >= 15 is 0 Å². The molecular formula is C30H26N4. The van der Waals surface area contributed by atoms with E-state index in [4.69, 9.17) is 11.5 Å². The molecule has 0 aliphatic heterocycles. The molecule has 4 nitrogen and oxygen atoms in total. The minimum Gasteiger partial charge on any atom is -0.399 e. The van der Waals surface area contributed by atoms with E-state index in [9.17, 15) is 0 Å². The molecule has 5 aromatic carbocycles. The highest BCUT2D eigenvalue weighted by Gasteiger charge is 2.21. The number of benzene rings is 5. The molecule has 0 atom stereocenters. The minimum absolute atomic E-state index is 0.726. The van der Waals surface area contributed by atoms with Crippen molar-refractivity contribution in [2.75, 3.05) is 21.3 Å². The van der Waals surface area contributed by atoms with Gasteiger partial charge >= 0.3 is 0 Å². The Bertz CT molecular complexity index is 1260. The first-order valence-electron chi connectivity index (χ1n) is 11.2. The molecule has 0 heterocycles. The second-order valence-corrected chi connectivity index (χ2v) is 8.01. The molecule has 5 aromatic rings. The Labute approximate surface area is 200 Å². The number of nitrogens with two attached hydrogens (primary N) is 2. The average Bonchev–Trinajstić information content (AvgIpc) is 2.89. The molecule has 166 valence electrons. The van der Waals surface area contributed by atoms with Crippen LogP contribution in [0.1, 0.15) is 0 Å². The molecule has 34 heavy (non-hydrogen) atoms. The third-order valence-corrected chi connectivity index (χ3v) is 5.69. The van der Waals surface area contributed by atoms with Crippen LogP contribution in [0.5, 0.6) is 0 Å². The third kappa shape index (κ3) is 4.30. The number of nitrogens with zero attached hydrogens (tertiary/aromatic N) is 2. The van der Waals surface area contributed by atoms with Gasteiger partial charge in [0.25, 0.3) is 0 Å². The van der Waals surface area contributed by atoms with Gasteiger partial charge in [0, 0.05) is 34.1 Å². The Kier molecular flexibility index (Phi) is 5.87. The summed E-state index contributed by atoms with van der Waals surface area (Å²) < 4.78 is 0. The molecule has 0 aliphatic carbocycles. The van der Waals surface area contributed by atoms with Gasteiger partial charge in [0.15, 0.2) is 0 Å². The van der Waals surface area contributed by atoms with E-state index in [1.807, 2.05) is 60.7 Å². The fraction of sp³-hybridized carbons (Fsp3) is 0. The van der Waals surface area contributed by atoms with Crippen LogP contribution in [0.2, 0.25) is 0 Å². The van der Waals surface area contributed by atoms with Crippen molar-refractivity contribution in [3.05, 3.63) is 133 Å². The second kappa shape index (κ2) is 9.43. The largest absolute Gasteiger partial charge is 0.399 e. The van der Waals surface area contributed by atoms with E-state index in [0.29, 0.717) is 0 Å².